The molecule has 0 radical (unpaired) electrons. The Morgan fingerprint density at radius 2 is 1.69 bits per heavy atom. The molecule has 0 aliphatic carbocycles. The average Bonchev–Trinajstić information content (AvgIpc) is 3.22. The van der Waals surface area contributed by atoms with Gasteiger partial charge in [0.25, 0.3) is 0 Å². The van der Waals surface area contributed by atoms with Crippen LogP contribution in [0.15, 0.2) is 65.1 Å². The number of aryl methyl sites for hydroxylation is 1. The minimum Gasteiger partial charge on any atom is -0.496 e. The summed E-state index contributed by atoms with van der Waals surface area (Å²) in [4.78, 5) is 13.9. The van der Waals surface area contributed by atoms with Crippen LogP contribution in [-0.4, -0.2) is 31.9 Å². The van der Waals surface area contributed by atoms with Crippen molar-refractivity contribution in [3.63, 3.8) is 0 Å². The first kappa shape index (κ1) is 22.0. The first-order chi connectivity index (χ1) is 15.6. The third-order valence-electron chi connectivity index (χ3n) is 5.25. The predicted octanol–water partition coefficient (Wildman–Crippen LogP) is 6.43. The number of ketones is 1. The summed E-state index contributed by atoms with van der Waals surface area (Å²) < 4.78 is 22.8. The van der Waals surface area contributed by atoms with Gasteiger partial charge in [-0.1, -0.05) is 34.1 Å². The molecule has 164 valence electrons. The number of fused-ring (bicyclic) bond motifs is 1. The van der Waals surface area contributed by atoms with Crippen LogP contribution in [0.4, 0.5) is 0 Å². The highest BCUT2D eigenvalue weighted by Crippen LogP contribution is 2.38. The number of ether oxygens (including phenoxy) is 3. The van der Waals surface area contributed by atoms with E-state index in [2.05, 4.69) is 15.9 Å². The van der Waals surface area contributed by atoms with Gasteiger partial charge >= 0.3 is 0 Å². The Morgan fingerprint density at radius 1 is 0.969 bits per heavy atom. The number of methoxy groups -OCH3 is 2. The lowest BCUT2D eigenvalue weighted by Crippen LogP contribution is -2.06. The molecule has 0 fully saturated rings. The van der Waals surface area contributed by atoms with Crippen molar-refractivity contribution >= 4 is 32.7 Å². The van der Waals surface area contributed by atoms with Crippen molar-refractivity contribution in [2.24, 2.45) is 0 Å². The summed E-state index contributed by atoms with van der Waals surface area (Å²) in [6.45, 7) is 2.48. The zero-order valence-electron chi connectivity index (χ0n) is 18.1. The van der Waals surface area contributed by atoms with Crippen molar-refractivity contribution in [1.29, 1.82) is 0 Å². The van der Waals surface area contributed by atoms with E-state index in [-0.39, 0.29) is 5.78 Å². The first-order valence-corrected chi connectivity index (χ1v) is 11.3. The van der Waals surface area contributed by atoms with Crippen LogP contribution in [0.3, 0.4) is 0 Å². The normalized spacial score (nSPS) is 10.9. The lowest BCUT2D eigenvalue weighted by molar-refractivity contribution is 0.103. The van der Waals surface area contributed by atoms with E-state index in [4.69, 9.17) is 18.6 Å². The van der Waals surface area contributed by atoms with Crippen molar-refractivity contribution in [2.45, 2.75) is 6.92 Å². The fourth-order valence-electron chi connectivity index (χ4n) is 3.70. The second kappa shape index (κ2) is 9.49. The molecule has 0 aliphatic heterocycles. The van der Waals surface area contributed by atoms with Gasteiger partial charge in [-0.2, -0.15) is 0 Å². The molecular formula is C26H23BrO5. The molecule has 0 atom stereocenters. The quantitative estimate of drug-likeness (QED) is 0.208. The molecule has 6 heteroatoms. The summed E-state index contributed by atoms with van der Waals surface area (Å²) in [5.41, 5.74) is 3.22. The molecule has 0 N–H and O–H groups in total. The minimum absolute atomic E-state index is 0.195. The number of halogens is 1. The number of hydrogen-bond donors (Lipinski definition) is 0. The molecule has 0 saturated carbocycles. The Morgan fingerprint density at radius 3 is 2.38 bits per heavy atom. The molecule has 32 heavy (non-hydrogen) atoms. The lowest BCUT2D eigenvalue weighted by Gasteiger charge is -2.13. The zero-order chi connectivity index (χ0) is 22.7. The number of rotatable bonds is 8. The topological polar surface area (TPSA) is 57.9 Å². The second-order valence-corrected chi connectivity index (χ2v) is 8.01. The highest BCUT2D eigenvalue weighted by Gasteiger charge is 2.26. The zero-order valence-corrected chi connectivity index (χ0v) is 19.7. The van der Waals surface area contributed by atoms with Gasteiger partial charge in [-0.05, 0) is 55.0 Å². The average molecular weight is 495 g/mol. The second-order valence-electron chi connectivity index (χ2n) is 7.22. The van der Waals surface area contributed by atoms with Crippen molar-refractivity contribution in [2.75, 3.05) is 26.2 Å². The number of para-hydroxylation sites is 1. The van der Waals surface area contributed by atoms with E-state index in [1.54, 1.807) is 20.3 Å². The Labute approximate surface area is 195 Å². The largest absolute Gasteiger partial charge is 0.496 e. The SMILES string of the molecule is COc1cc(C(=O)c2c(-c3ccc(OCCBr)cc3)oc3ccccc23)c(OC)cc1C. The summed E-state index contributed by atoms with van der Waals surface area (Å²) in [6, 6.07) is 18.6. The van der Waals surface area contributed by atoms with Crippen molar-refractivity contribution in [3.05, 3.63) is 77.4 Å². The summed E-state index contributed by atoms with van der Waals surface area (Å²) in [7, 11) is 3.14. The molecule has 0 saturated heterocycles. The van der Waals surface area contributed by atoms with E-state index >= 15 is 0 Å². The Bertz CT molecular complexity index is 1260. The molecule has 0 spiro atoms. The van der Waals surface area contributed by atoms with Gasteiger partial charge in [0.05, 0.1) is 32.0 Å². The maximum absolute atomic E-state index is 13.9. The molecule has 4 rings (SSSR count). The molecule has 0 bridgehead atoms. The van der Waals surface area contributed by atoms with Gasteiger partial charge in [0, 0.05) is 16.3 Å². The molecule has 4 aromatic rings. The number of furan rings is 1. The third-order valence-corrected chi connectivity index (χ3v) is 5.57. The number of benzene rings is 3. The van der Waals surface area contributed by atoms with E-state index in [9.17, 15) is 4.79 Å². The molecule has 0 unspecified atom stereocenters. The van der Waals surface area contributed by atoms with Gasteiger partial charge in [0.1, 0.15) is 28.6 Å². The molecule has 3 aromatic carbocycles. The van der Waals surface area contributed by atoms with Gasteiger partial charge < -0.3 is 18.6 Å². The van der Waals surface area contributed by atoms with Crippen LogP contribution >= 0.6 is 15.9 Å². The Balaban J connectivity index is 1.87. The van der Waals surface area contributed by atoms with Crippen LogP contribution in [0, 0.1) is 6.92 Å². The fourth-order valence-corrected chi connectivity index (χ4v) is 3.86. The Kier molecular flexibility index (Phi) is 6.51. The molecule has 1 heterocycles. The van der Waals surface area contributed by atoms with Crippen molar-refractivity contribution < 1.29 is 23.4 Å². The van der Waals surface area contributed by atoms with Gasteiger partial charge in [-0.15, -0.1) is 0 Å². The molecule has 0 amide bonds. The van der Waals surface area contributed by atoms with Crippen LogP contribution in [0.1, 0.15) is 21.5 Å². The van der Waals surface area contributed by atoms with Gasteiger partial charge in [0.2, 0.25) is 5.78 Å². The highest BCUT2D eigenvalue weighted by molar-refractivity contribution is 9.09. The standard InChI is InChI=1S/C26H23BrO5/c1-16-14-23(30-3)20(15-22(16)29-2)25(28)24-19-6-4-5-7-21(19)32-26(24)17-8-10-18(11-9-17)31-13-12-27/h4-11,14-15H,12-13H2,1-3H3. The summed E-state index contributed by atoms with van der Waals surface area (Å²) >= 11 is 3.35. The van der Waals surface area contributed by atoms with E-state index in [1.165, 1.54) is 0 Å². The predicted molar refractivity (Wildman–Crippen MR) is 129 cm³/mol. The maximum Gasteiger partial charge on any atom is 0.201 e. The van der Waals surface area contributed by atoms with E-state index in [0.717, 1.165) is 27.6 Å². The van der Waals surface area contributed by atoms with Crippen LogP contribution < -0.4 is 14.2 Å². The summed E-state index contributed by atoms with van der Waals surface area (Å²) in [6.07, 6.45) is 0. The van der Waals surface area contributed by atoms with Crippen molar-refractivity contribution in [1.82, 2.24) is 0 Å². The Hall–Kier alpha value is -3.25. The monoisotopic (exact) mass is 494 g/mol. The molecule has 1 aromatic heterocycles. The highest BCUT2D eigenvalue weighted by atomic mass is 79.9. The first-order valence-electron chi connectivity index (χ1n) is 10.2. The van der Waals surface area contributed by atoms with Gasteiger partial charge in [-0.25, -0.2) is 0 Å². The van der Waals surface area contributed by atoms with Crippen LogP contribution in [0.5, 0.6) is 17.2 Å². The number of carbonyl (C=O) groups is 1. The van der Waals surface area contributed by atoms with Crippen LogP contribution in [0.2, 0.25) is 0 Å². The number of hydrogen-bond acceptors (Lipinski definition) is 5. The number of carbonyl (C=O) groups excluding carboxylic acids is 1. The van der Waals surface area contributed by atoms with Crippen LogP contribution in [0.25, 0.3) is 22.3 Å². The summed E-state index contributed by atoms with van der Waals surface area (Å²) in [5.74, 6) is 2.17. The smallest absolute Gasteiger partial charge is 0.201 e. The van der Waals surface area contributed by atoms with E-state index in [1.807, 2.05) is 61.5 Å². The molecular weight excluding hydrogens is 472 g/mol. The number of alkyl halides is 1. The fraction of sp³-hybridized carbons (Fsp3) is 0.192. The van der Waals surface area contributed by atoms with Gasteiger partial charge in [-0.3, -0.25) is 4.79 Å². The lowest BCUT2D eigenvalue weighted by atomic mass is 9.95. The molecule has 0 aliphatic rings. The van der Waals surface area contributed by atoms with Gasteiger partial charge in [0.15, 0.2) is 0 Å². The minimum atomic E-state index is -0.195. The molecule has 5 nitrogen and oxygen atoms in total. The van der Waals surface area contributed by atoms with E-state index < -0.39 is 0 Å². The van der Waals surface area contributed by atoms with Crippen LogP contribution in [-0.2, 0) is 0 Å². The van der Waals surface area contributed by atoms with Crippen molar-refractivity contribution in [3.8, 4) is 28.6 Å². The van der Waals surface area contributed by atoms with E-state index in [0.29, 0.717) is 40.6 Å². The maximum atomic E-state index is 13.9. The third kappa shape index (κ3) is 4.10. The summed E-state index contributed by atoms with van der Waals surface area (Å²) in [5, 5.41) is 1.49.